The molecule has 2 aromatic carbocycles. The van der Waals surface area contributed by atoms with Crippen LogP contribution in [0.2, 0.25) is 0 Å². The van der Waals surface area contributed by atoms with E-state index in [0.717, 1.165) is 32.4 Å². The number of carbonyl (C=O) groups excluding carboxylic acids is 3. The lowest BCUT2D eigenvalue weighted by Crippen LogP contribution is -2.16. The molecule has 2 rings (SSSR count). The Hall–Kier alpha value is -3.81. The van der Waals surface area contributed by atoms with Crippen LogP contribution in [0.4, 0.5) is 5.69 Å². The maximum absolute atomic E-state index is 12.7. The molecule has 2 aromatic rings. The van der Waals surface area contributed by atoms with E-state index in [4.69, 9.17) is 9.47 Å². The molecule has 0 atom stereocenters. The number of para-hydroxylation sites is 2. The molecular formula is C24H27NO7. The monoisotopic (exact) mass is 441 g/mol. The number of ether oxygens (including phenoxy) is 4. The van der Waals surface area contributed by atoms with Crippen LogP contribution >= 0.6 is 0 Å². The van der Waals surface area contributed by atoms with E-state index < -0.39 is 11.9 Å². The molecule has 0 aliphatic heterocycles. The molecule has 170 valence electrons. The van der Waals surface area contributed by atoms with Gasteiger partial charge in [-0.15, -0.1) is 0 Å². The fraction of sp³-hybridized carbons (Fsp3) is 0.292. The van der Waals surface area contributed by atoms with Gasteiger partial charge in [-0.25, -0.2) is 9.59 Å². The number of carbonyl (C=O) groups is 3. The molecule has 0 aromatic heterocycles. The van der Waals surface area contributed by atoms with E-state index in [1.807, 2.05) is 0 Å². The van der Waals surface area contributed by atoms with Crippen molar-refractivity contribution in [2.45, 2.75) is 26.2 Å². The Bertz CT molecular complexity index is 951. The number of nitrogens with one attached hydrogen (secondary N) is 1. The maximum Gasteiger partial charge on any atom is 0.374 e. The number of unbranched alkanes of at least 4 members (excludes halogenated alkanes) is 2. The van der Waals surface area contributed by atoms with Crippen LogP contribution in [0, 0.1) is 0 Å². The summed E-state index contributed by atoms with van der Waals surface area (Å²) in [6.45, 7) is 2.76. The molecule has 0 aliphatic rings. The van der Waals surface area contributed by atoms with Crippen LogP contribution in [0.3, 0.4) is 0 Å². The van der Waals surface area contributed by atoms with Crippen LogP contribution < -0.4 is 14.8 Å². The summed E-state index contributed by atoms with van der Waals surface area (Å²) in [5.74, 6) is -1.58. The number of anilines is 1. The third kappa shape index (κ3) is 7.46. The minimum Gasteiger partial charge on any atom is -0.494 e. The molecule has 0 saturated carbocycles. The summed E-state index contributed by atoms with van der Waals surface area (Å²) >= 11 is 0. The summed E-state index contributed by atoms with van der Waals surface area (Å²) in [5, 5.41) is 2.74. The van der Waals surface area contributed by atoms with Crippen molar-refractivity contribution >= 4 is 23.5 Å². The molecular weight excluding hydrogens is 414 g/mol. The topological polar surface area (TPSA) is 100 Å². The van der Waals surface area contributed by atoms with Gasteiger partial charge in [-0.1, -0.05) is 31.9 Å². The van der Waals surface area contributed by atoms with Gasteiger partial charge in [0, 0.05) is 5.56 Å². The summed E-state index contributed by atoms with van der Waals surface area (Å²) in [6.07, 6.45) is 4.07. The van der Waals surface area contributed by atoms with Crippen LogP contribution in [0.25, 0.3) is 0 Å². The standard InChI is InChI=1S/C24H27NO7/c1-4-5-8-15-31-18-13-11-17(12-14-18)23(27)25-19-9-6-7-10-20(19)32-21(24(28)30-3)16-22(26)29-2/h6-7,9-14,16H,4-5,8,15H2,1-3H3,(H,25,27)/b21-16-. The molecule has 0 unspecified atom stereocenters. The number of hydrogen-bond acceptors (Lipinski definition) is 7. The quantitative estimate of drug-likeness (QED) is 0.242. The van der Waals surface area contributed by atoms with E-state index >= 15 is 0 Å². The van der Waals surface area contributed by atoms with E-state index in [1.54, 1.807) is 42.5 Å². The summed E-state index contributed by atoms with van der Waals surface area (Å²) in [7, 11) is 2.32. The van der Waals surface area contributed by atoms with Gasteiger partial charge in [-0.2, -0.15) is 0 Å². The highest BCUT2D eigenvalue weighted by molar-refractivity contribution is 6.05. The Balaban J connectivity index is 2.11. The van der Waals surface area contributed by atoms with Gasteiger partial charge in [0.15, 0.2) is 5.75 Å². The average Bonchev–Trinajstić information content (AvgIpc) is 2.82. The Kier molecular flexibility index (Phi) is 9.77. The summed E-state index contributed by atoms with van der Waals surface area (Å²) in [6, 6.07) is 13.3. The first kappa shape index (κ1) is 24.5. The van der Waals surface area contributed by atoms with E-state index in [9.17, 15) is 14.4 Å². The van der Waals surface area contributed by atoms with Crippen LogP contribution in [0.1, 0.15) is 36.5 Å². The van der Waals surface area contributed by atoms with Crippen molar-refractivity contribution in [1.29, 1.82) is 0 Å². The highest BCUT2D eigenvalue weighted by Crippen LogP contribution is 2.27. The second kappa shape index (κ2) is 12.8. The zero-order valence-corrected chi connectivity index (χ0v) is 18.4. The highest BCUT2D eigenvalue weighted by Gasteiger charge is 2.18. The molecule has 0 saturated heterocycles. The smallest absolute Gasteiger partial charge is 0.374 e. The molecule has 0 radical (unpaired) electrons. The van der Waals surface area contributed by atoms with Gasteiger partial charge >= 0.3 is 11.9 Å². The third-order valence-corrected chi connectivity index (χ3v) is 4.33. The van der Waals surface area contributed by atoms with Crippen molar-refractivity contribution in [1.82, 2.24) is 0 Å². The van der Waals surface area contributed by atoms with E-state index in [1.165, 1.54) is 13.2 Å². The van der Waals surface area contributed by atoms with Gasteiger partial charge in [0.25, 0.3) is 5.91 Å². The predicted molar refractivity (Wildman–Crippen MR) is 119 cm³/mol. The van der Waals surface area contributed by atoms with Gasteiger partial charge in [0.05, 0.1) is 32.6 Å². The van der Waals surface area contributed by atoms with Gasteiger partial charge in [0.1, 0.15) is 5.75 Å². The number of rotatable bonds is 11. The summed E-state index contributed by atoms with van der Waals surface area (Å²) in [4.78, 5) is 36.2. The van der Waals surface area contributed by atoms with Crippen molar-refractivity contribution in [3.05, 3.63) is 65.9 Å². The first-order valence-corrected chi connectivity index (χ1v) is 10.2. The van der Waals surface area contributed by atoms with Gasteiger partial charge < -0.3 is 24.3 Å². The van der Waals surface area contributed by atoms with Crippen molar-refractivity contribution in [3.8, 4) is 11.5 Å². The summed E-state index contributed by atoms with van der Waals surface area (Å²) < 4.78 is 20.4. The zero-order chi connectivity index (χ0) is 23.3. The lowest BCUT2D eigenvalue weighted by atomic mass is 10.2. The van der Waals surface area contributed by atoms with Crippen LogP contribution in [0.15, 0.2) is 60.4 Å². The highest BCUT2D eigenvalue weighted by atomic mass is 16.6. The Morgan fingerprint density at radius 3 is 2.31 bits per heavy atom. The molecule has 0 spiro atoms. The number of hydrogen-bond donors (Lipinski definition) is 1. The largest absolute Gasteiger partial charge is 0.494 e. The fourth-order valence-electron chi connectivity index (χ4n) is 2.61. The van der Waals surface area contributed by atoms with Gasteiger partial charge in [0.2, 0.25) is 5.76 Å². The molecule has 1 N–H and O–H groups in total. The molecule has 0 heterocycles. The normalized spacial score (nSPS) is 10.8. The lowest BCUT2D eigenvalue weighted by Gasteiger charge is -2.13. The first-order chi connectivity index (χ1) is 15.5. The first-order valence-electron chi connectivity index (χ1n) is 10.2. The van der Waals surface area contributed by atoms with Crippen LogP contribution in [-0.4, -0.2) is 38.7 Å². The third-order valence-electron chi connectivity index (χ3n) is 4.33. The molecule has 8 nitrogen and oxygen atoms in total. The molecule has 0 bridgehead atoms. The fourth-order valence-corrected chi connectivity index (χ4v) is 2.61. The van der Waals surface area contributed by atoms with Gasteiger partial charge in [-0.3, -0.25) is 4.79 Å². The number of amides is 1. The van der Waals surface area contributed by atoms with Crippen molar-refractivity contribution in [2.75, 3.05) is 26.1 Å². The predicted octanol–water partition coefficient (Wildman–Crippen LogP) is 4.12. The second-order valence-electron chi connectivity index (χ2n) is 6.66. The number of esters is 2. The average molecular weight is 441 g/mol. The molecule has 8 heteroatoms. The Labute approximate surface area is 187 Å². The number of methoxy groups -OCH3 is 2. The maximum atomic E-state index is 12.7. The van der Waals surface area contributed by atoms with Gasteiger partial charge in [-0.05, 0) is 42.8 Å². The van der Waals surface area contributed by atoms with E-state index in [-0.39, 0.29) is 17.4 Å². The lowest BCUT2D eigenvalue weighted by molar-refractivity contribution is -0.140. The minimum atomic E-state index is -0.869. The van der Waals surface area contributed by atoms with Crippen molar-refractivity contribution in [2.24, 2.45) is 0 Å². The zero-order valence-electron chi connectivity index (χ0n) is 18.4. The van der Waals surface area contributed by atoms with E-state index in [0.29, 0.717) is 23.6 Å². The molecule has 32 heavy (non-hydrogen) atoms. The molecule has 0 aliphatic carbocycles. The Morgan fingerprint density at radius 2 is 1.66 bits per heavy atom. The molecule has 0 fully saturated rings. The Morgan fingerprint density at radius 1 is 0.938 bits per heavy atom. The number of benzene rings is 2. The van der Waals surface area contributed by atoms with E-state index in [2.05, 4.69) is 21.7 Å². The van der Waals surface area contributed by atoms with Crippen LogP contribution in [0.5, 0.6) is 11.5 Å². The second-order valence-corrected chi connectivity index (χ2v) is 6.66. The molecule has 1 amide bonds. The SMILES string of the molecule is CCCCCOc1ccc(C(=O)Nc2ccccc2O/C(=C\C(=O)OC)C(=O)OC)cc1. The summed E-state index contributed by atoms with van der Waals surface area (Å²) in [5.41, 5.74) is 0.719. The minimum absolute atomic E-state index is 0.150. The van der Waals surface area contributed by atoms with Crippen LogP contribution in [-0.2, 0) is 19.1 Å². The van der Waals surface area contributed by atoms with Crippen molar-refractivity contribution < 1.29 is 33.3 Å². The van der Waals surface area contributed by atoms with Crippen molar-refractivity contribution in [3.63, 3.8) is 0 Å².